The molecular weight excluding hydrogens is 421 g/mol. The molecule has 0 bridgehead atoms. The summed E-state index contributed by atoms with van der Waals surface area (Å²) in [7, 11) is 0. The Morgan fingerprint density at radius 1 is 1.17 bits per heavy atom. The van der Waals surface area contributed by atoms with Crippen LogP contribution in [-0.2, 0) is 4.79 Å². The Kier molecular flexibility index (Phi) is 5.69. The lowest BCUT2D eigenvalue weighted by atomic mass is 10.1. The number of hydrogen-bond acceptors (Lipinski definition) is 5. The van der Waals surface area contributed by atoms with Crippen LogP contribution in [0.5, 0.6) is 0 Å². The Bertz CT molecular complexity index is 1310. The second-order valence-corrected chi connectivity index (χ2v) is 8.56. The average molecular weight is 440 g/mol. The Morgan fingerprint density at radius 3 is 2.77 bits per heavy atom. The van der Waals surface area contributed by atoms with Crippen LogP contribution in [-0.4, -0.2) is 21.2 Å². The number of aryl methyl sites for hydroxylation is 1. The molecule has 4 aromatic rings. The van der Waals surface area contributed by atoms with Crippen LogP contribution in [0.1, 0.15) is 11.1 Å². The van der Waals surface area contributed by atoms with Crippen molar-refractivity contribution in [3.05, 3.63) is 81.2 Å². The first-order chi connectivity index (χ1) is 14.5. The van der Waals surface area contributed by atoms with Crippen molar-refractivity contribution in [3.8, 4) is 5.69 Å². The van der Waals surface area contributed by atoms with Gasteiger partial charge in [0.15, 0.2) is 5.16 Å². The van der Waals surface area contributed by atoms with E-state index in [0.29, 0.717) is 15.4 Å². The highest BCUT2D eigenvalue weighted by molar-refractivity contribution is 7.99. The predicted molar refractivity (Wildman–Crippen MR) is 120 cm³/mol. The van der Waals surface area contributed by atoms with Gasteiger partial charge in [-0.25, -0.2) is 9.37 Å². The van der Waals surface area contributed by atoms with E-state index in [4.69, 9.17) is 0 Å². The average Bonchev–Trinajstić information content (AvgIpc) is 3.20. The molecule has 2 aromatic heterocycles. The van der Waals surface area contributed by atoms with E-state index in [1.807, 2.05) is 37.4 Å². The lowest BCUT2D eigenvalue weighted by Gasteiger charge is -2.15. The highest BCUT2D eigenvalue weighted by Crippen LogP contribution is 2.26. The first kappa shape index (κ1) is 20.3. The summed E-state index contributed by atoms with van der Waals surface area (Å²) in [5, 5.41) is 4.80. The molecule has 1 amide bonds. The number of thiophene rings is 1. The molecule has 0 fully saturated rings. The number of hydrogen-bond donors (Lipinski definition) is 1. The van der Waals surface area contributed by atoms with Gasteiger partial charge in [-0.1, -0.05) is 36.0 Å². The lowest BCUT2D eigenvalue weighted by molar-refractivity contribution is -0.113. The molecule has 4 rings (SSSR count). The fraction of sp³-hybridized carbons (Fsp3) is 0.136. The largest absolute Gasteiger partial charge is 0.323 e. The Labute approximate surface area is 180 Å². The molecule has 8 heteroatoms. The minimum Gasteiger partial charge on any atom is -0.323 e. The van der Waals surface area contributed by atoms with Gasteiger partial charge >= 0.3 is 0 Å². The summed E-state index contributed by atoms with van der Waals surface area (Å²) in [6, 6.07) is 13.5. The van der Waals surface area contributed by atoms with Crippen molar-refractivity contribution in [2.45, 2.75) is 19.0 Å². The number of rotatable bonds is 5. The highest BCUT2D eigenvalue weighted by Gasteiger charge is 2.17. The molecule has 0 aliphatic carbocycles. The van der Waals surface area contributed by atoms with Gasteiger partial charge in [0.05, 0.1) is 22.6 Å². The summed E-state index contributed by atoms with van der Waals surface area (Å²) in [6.07, 6.45) is 0. The molecule has 0 aliphatic heterocycles. The number of amides is 1. The summed E-state index contributed by atoms with van der Waals surface area (Å²) in [4.78, 5) is 30.2. The molecule has 0 atom stereocenters. The molecule has 30 heavy (non-hydrogen) atoms. The van der Waals surface area contributed by atoms with Gasteiger partial charge in [-0.05, 0) is 54.6 Å². The minimum atomic E-state index is -0.499. The Balaban J connectivity index is 1.70. The van der Waals surface area contributed by atoms with Gasteiger partial charge in [0.25, 0.3) is 5.56 Å². The van der Waals surface area contributed by atoms with Crippen LogP contribution in [0.3, 0.4) is 0 Å². The second-order valence-electron chi connectivity index (χ2n) is 6.71. The van der Waals surface area contributed by atoms with Crippen molar-refractivity contribution >= 4 is 44.9 Å². The van der Waals surface area contributed by atoms with Crippen LogP contribution >= 0.6 is 23.1 Å². The maximum absolute atomic E-state index is 13.8. The van der Waals surface area contributed by atoms with E-state index in [1.165, 1.54) is 23.5 Å². The lowest BCUT2D eigenvalue weighted by Crippen LogP contribution is -2.23. The van der Waals surface area contributed by atoms with E-state index in [-0.39, 0.29) is 22.9 Å². The Hall–Kier alpha value is -2.97. The van der Waals surface area contributed by atoms with Gasteiger partial charge in [-0.3, -0.25) is 14.2 Å². The molecule has 0 aliphatic rings. The number of anilines is 1. The zero-order valence-corrected chi connectivity index (χ0v) is 17.9. The topological polar surface area (TPSA) is 64.0 Å². The molecule has 0 unspecified atom stereocenters. The van der Waals surface area contributed by atoms with Crippen molar-refractivity contribution in [2.24, 2.45) is 0 Å². The number of aromatic nitrogens is 2. The third-order valence-electron chi connectivity index (χ3n) is 4.75. The van der Waals surface area contributed by atoms with Crippen molar-refractivity contribution in [3.63, 3.8) is 0 Å². The third-order valence-corrected chi connectivity index (χ3v) is 6.58. The Morgan fingerprint density at radius 2 is 1.97 bits per heavy atom. The van der Waals surface area contributed by atoms with Crippen LogP contribution in [0.25, 0.3) is 15.9 Å². The minimum absolute atomic E-state index is 0.0126. The fourth-order valence-corrected chi connectivity index (χ4v) is 4.62. The maximum atomic E-state index is 13.8. The normalized spacial score (nSPS) is 11.0. The van der Waals surface area contributed by atoms with Gasteiger partial charge < -0.3 is 5.32 Å². The predicted octanol–water partition coefficient (Wildman–Crippen LogP) is 4.93. The van der Waals surface area contributed by atoms with Crippen LogP contribution in [0.15, 0.2) is 63.9 Å². The molecule has 5 nitrogen and oxygen atoms in total. The molecular formula is C22H18FN3O2S2. The van der Waals surface area contributed by atoms with Gasteiger partial charge in [0, 0.05) is 0 Å². The van der Waals surface area contributed by atoms with Crippen LogP contribution in [0.2, 0.25) is 0 Å². The number of nitrogens with one attached hydrogen (secondary N) is 1. The molecule has 0 radical (unpaired) electrons. The van der Waals surface area contributed by atoms with E-state index >= 15 is 0 Å². The number of halogens is 1. The van der Waals surface area contributed by atoms with Gasteiger partial charge in [-0.2, -0.15) is 0 Å². The number of thioether (sulfide) groups is 1. The summed E-state index contributed by atoms with van der Waals surface area (Å²) < 4.78 is 15.9. The molecule has 152 valence electrons. The SMILES string of the molecule is Cc1cccc(-n2c(SCC(=O)Nc3ccccc3F)nc3ccsc3c2=O)c1C. The first-order valence-corrected chi connectivity index (χ1v) is 11.1. The standard InChI is InChI=1S/C22H18FN3O2S2/c1-13-6-5-9-18(14(13)2)26-21(28)20-17(10-11-29-20)25-22(26)30-12-19(27)24-16-8-4-3-7-15(16)23/h3-11H,12H2,1-2H3,(H,24,27). The number of fused-ring (bicyclic) bond motifs is 1. The molecule has 0 saturated carbocycles. The number of para-hydroxylation sites is 1. The molecule has 0 saturated heterocycles. The zero-order chi connectivity index (χ0) is 21.3. The van der Waals surface area contributed by atoms with Gasteiger partial charge in [0.2, 0.25) is 5.91 Å². The summed E-state index contributed by atoms with van der Waals surface area (Å²) >= 11 is 2.49. The van der Waals surface area contributed by atoms with E-state index in [0.717, 1.165) is 28.6 Å². The molecule has 2 heterocycles. The maximum Gasteiger partial charge on any atom is 0.276 e. The van der Waals surface area contributed by atoms with Crippen LogP contribution in [0, 0.1) is 19.7 Å². The fourth-order valence-electron chi connectivity index (χ4n) is 3.06. The summed E-state index contributed by atoms with van der Waals surface area (Å²) in [5.41, 5.74) is 3.31. The van der Waals surface area contributed by atoms with Crippen molar-refractivity contribution < 1.29 is 9.18 Å². The van der Waals surface area contributed by atoms with Gasteiger partial charge in [-0.15, -0.1) is 11.3 Å². The quantitative estimate of drug-likeness (QED) is 0.354. The van der Waals surface area contributed by atoms with Gasteiger partial charge in [0.1, 0.15) is 10.5 Å². The molecule has 2 aromatic carbocycles. The number of nitrogens with zero attached hydrogens (tertiary/aromatic N) is 2. The van der Waals surface area contributed by atoms with E-state index in [1.54, 1.807) is 22.8 Å². The molecule has 1 N–H and O–H groups in total. The number of carbonyl (C=O) groups is 1. The van der Waals surface area contributed by atoms with E-state index in [9.17, 15) is 14.0 Å². The number of carbonyl (C=O) groups excluding carboxylic acids is 1. The van der Waals surface area contributed by atoms with Crippen molar-refractivity contribution in [2.75, 3.05) is 11.1 Å². The number of benzene rings is 2. The second kappa shape index (κ2) is 8.41. The first-order valence-electron chi connectivity index (χ1n) is 9.19. The van der Waals surface area contributed by atoms with Crippen LogP contribution < -0.4 is 10.9 Å². The smallest absolute Gasteiger partial charge is 0.276 e. The molecule has 0 spiro atoms. The van der Waals surface area contributed by atoms with E-state index in [2.05, 4.69) is 10.3 Å². The van der Waals surface area contributed by atoms with Crippen molar-refractivity contribution in [1.29, 1.82) is 0 Å². The zero-order valence-electron chi connectivity index (χ0n) is 16.3. The summed E-state index contributed by atoms with van der Waals surface area (Å²) in [5.74, 6) is -0.889. The van der Waals surface area contributed by atoms with Crippen molar-refractivity contribution in [1.82, 2.24) is 9.55 Å². The third kappa shape index (κ3) is 3.88. The van der Waals surface area contributed by atoms with Crippen LogP contribution in [0.4, 0.5) is 10.1 Å². The monoisotopic (exact) mass is 439 g/mol. The highest BCUT2D eigenvalue weighted by atomic mass is 32.2. The van der Waals surface area contributed by atoms with E-state index < -0.39 is 5.82 Å². The summed E-state index contributed by atoms with van der Waals surface area (Å²) in [6.45, 7) is 3.94.